The molecule has 0 fully saturated rings. The minimum atomic E-state index is -5.40. The van der Waals surface area contributed by atoms with E-state index >= 15 is 0 Å². The van der Waals surface area contributed by atoms with Crippen LogP contribution in [0.1, 0.15) is 46.2 Å². The lowest BCUT2D eigenvalue weighted by atomic mass is 9.75. The number of alkyl halides is 6. The van der Waals surface area contributed by atoms with Crippen molar-refractivity contribution in [1.82, 2.24) is 0 Å². The summed E-state index contributed by atoms with van der Waals surface area (Å²) in [5, 5.41) is 6.99. The summed E-state index contributed by atoms with van der Waals surface area (Å²) in [7, 11) is -10.6. The molecular weight excluding hydrogens is 911 g/mol. The Morgan fingerprint density at radius 3 is 1.23 bits per heavy atom. The fourth-order valence-electron chi connectivity index (χ4n) is 7.64. The van der Waals surface area contributed by atoms with Gasteiger partial charge in [0.2, 0.25) is 0 Å². The number of carbonyl (C=O) groups is 2. The smallest absolute Gasteiger partial charge is 0.323 e. The maximum absolute atomic E-state index is 13.7. The minimum Gasteiger partial charge on any atom is -0.323 e. The molecule has 2 aliphatic rings. The third kappa shape index (κ3) is 7.71. The average molecular weight is 941 g/mol. The molecule has 2 atom stereocenters. The van der Waals surface area contributed by atoms with E-state index < -0.39 is 89.6 Å². The maximum atomic E-state index is 13.7. The second kappa shape index (κ2) is 16.4. The molecule has 2 unspecified atom stereocenters. The van der Waals surface area contributed by atoms with Gasteiger partial charge >= 0.3 is 24.2 Å². The van der Waals surface area contributed by atoms with E-state index in [1.807, 2.05) is 0 Å². The summed E-state index contributed by atoms with van der Waals surface area (Å²) >= 11 is 2.04. The van der Waals surface area contributed by atoms with Crippen molar-refractivity contribution in [3.8, 4) is 11.1 Å². The highest BCUT2D eigenvalue weighted by atomic mass is 32.2. The van der Waals surface area contributed by atoms with Gasteiger partial charge in [0.15, 0.2) is 9.49 Å². The average Bonchev–Trinajstić information content (AvgIpc) is 3.21. The van der Waals surface area contributed by atoms with Crippen molar-refractivity contribution in [1.29, 1.82) is 0 Å². The van der Waals surface area contributed by atoms with Crippen molar-refractivity contribution in [2.75, 3.05) is 12.5 Å². The van der Waals surface area contributed by atoms with Gasteiger partial charge in [-0.25, -0.2) is 9.98 Å². The summed E-state index contributed by atoms with van der Waals surface area (Å²) in [5.41, 5.74) is -2.77. The molecular formula is C38H30F6N6O8S4. The minimum absolute atomic E-state index is 0.0630. The normalized spacial score (nSPS) is 22.2. The highest BCUT2D eigenvalue weighted by Crippen LogP contribution is 2.51. The van der Waals surface area contributed by atoms with Gasteiger partial charge in [0.05, 0.1) is 22.8 Å². The van der Waals surface area contributed by atoms with Crippen LogP contribution < -0.4 is 11.7 Å². The Labute approximate surface area is 357 Å². The van der Waals surface area contributed by atoms with Crippen LogP contribution in [-0.2, 0) is 39.3 Å². The third-order valence-corrected chi connectivity index (χ3v) is 14.8. The van der Waals surface area contributed by atoms with Crippen LogP contribution in [0.15, 0.2) is 115 Å². The zero-order valence-corrected chi connectivity index (χ0v) is 35.0. The molecule has 62 heavy (non-hydrogen) atoms. The molecule has 4 aromatic carbocycles. The van der Waals surface area contributed by atoms with Crippen LogP contribution in [-0.4, -0.2) is 85.5 Å². The Bertz CT molecular complexity index is 2710. The Balaban J connectivity index is 1.55. The molecule has 0 spiro atoms. The van der Waals surface area contributed by atoms with Crippen LogP contribution in [0, 0.1) is 0 Å². The van der Waals surface area contributed by atoms with E-state index in [9.17, 15) is 61.9 Å². The van der Waals surface area contributed by atoms with Crippen molar-refractivity contribution < 1.29 is 61.9 Å². The Morgan fingerprint density at radius 2 is 0.935 bits per heavy atom. The number of nitrogens with zero attached hydrogens (tertiary/aromatic N) is 4. The maximum Gasteiger partial charge on any atom is 0.473 e. The first-order chi connectivity index (χ1) is 28.9. The van der Waals surface area contributed by atoms with Gasteiger partial charge in [-0.1, -0.05) is 72.8 Å². The number of amides is 2. The lowest BCUT2D eigenvalue weighted by Gasteiger charge is -2.39. The monoisotopic (exact) mass is 940 g/mol. The summed E-state index contributed by atoms with van der Waals surface area (Å²) < 4.78 is 152. The Morgan fingerprint density at radius 1 is 0.597 bits per heavy atom. The molecule has 6 rings (SSSR count). The molecule has 0 saturated carbocycles. The van der Waals surface area contributed by atoms with E-state index in [0.29, 0.717) is 11.1 Å². The van der Waals surface area contributed by atoms with Crippen LogP contribution in [0.5, 0.6) is 0 Å². The van der Waals surface area contributed by atoms with Gasteiger partial charge in [0.1, 0.15) is 0 Å². The zero-order chi connectivity index (χ0) is 45.8. The van der Waals surface area contributed by atoms with E-state index in [1.54, 1.807) is 12.5 Å². The number of fused-ring (bicyclic) bond motifs is 2. The predicted molar refractivity (Wildman–Crippen MR) is 221 cm³/mol. The van der Waals surface area contributed by atoms with Gasteiger partial charge in [-0.15, -0.1) is 23.5 Å². The standard InChI is InChI=1S/C38H30F6N6O8S4/c1-59-29-15-19(11-13-25(29)35(61(53,54)55)17-27(49-45)31(47-33(51)37(39,40)41)21-7-3-5-9-23(21)35)20-12-14-26(30(16-20)60-2)36(62(56,57)58)18-28(50-46)32(48-34(52)38(42,43)44)22-8-4-6-10-24(22)36/h3-16H,17-18,45-46H2,1-2H3,(H,53,54,55)(H,56,57,58)/b47-31?,48-32?,49-27-,50-28+. The van der Waals surface area contributed by atoms with Gasteiger partial charge in [0, 0.05) is 33.8 Å². The lowest BCUT2D eigenvalue weighted by Crippen LogP contribution is -2.46. The topological polar surface area (TPSA) is 244 Å². The summed E-state index contributed by atoms with van der Waals surface area (Å²) in [6, 6.07) is 18.9. The molecule has 0 saturated heterocycles. The summed E-state index contributed by atoms with van der Waals surface area (Å²) in [6.45, 7) is 0. The van der Waals surface area contributed by atoms with E-state index in [-0.39, 0.29) is 43.2 Å². The first-order valence-electron chi connectivity index (χ1n) is 17.4. The van der Waals surface area contributed by atoms with Gasteiger partial charge in [0.25, 0.3) is 20.2 Å². The van der Waals surface area contributed by atoms with Gasteiger partial charge in [-0.05, 0) is 58.0 Å². The number of thioether (sulfide) groups is 2. The van der Waals surface area contributed by atoms with Gasteiger partial charge in [-0.2, -0.15) is 53.4 Å². The fourth-order valence-corrected chi connectivity index (χ4v) is 11.6. The quantitative estimate of drug-likeness (QED) is 0.0528. The predicted octanol–water partition coefficient (Wildman–Crippen LogP) is 6.25. The fraction of sp³-hybridized carbons (Fsp3) is 0.211. The molecule has 326 valence electrons. The van der Waals surface area contributed by atoms with Crippen LogP contribution >= 0.6 is 23.5 Å². The zero-order valence-electron chi connectivity index (χ0n) is 31.7. The molecule has 0 radical (unpaired) electrons. The number of aliphatic imine (C=N–C) groups is 2. The van der Waals surface area contributed by atoms with Crippen molar-refractivity contribution in [2.45, 2.75) is 44.5 Å². The van der Waals surface area contributed by atoms with Crippen LogP contribution in [0.2, 0.25) is 0 Å². The molecule has 14 nitrogen and oxygen atoms in total. The summed E-state index contributed by atoms with van der Waals surface area (Å²) in [4.78, 5) is 30.8. The number of hydrazone groups is 2. The number of rotatable bonds is 7. The molecule has 0 aliphatic heterocycles. The van der Waals surface area contributed by atoms with Crippen molar-refractivity contribution in [3.05, 3.63) is 118 Å². The number of hydrogen-bond acceptors (Lipinski definition) is 12. The molecule has 2 amide bonds. The summed E-state index contributed by atoms with van der Waals surface area (Å²) in [6.07, 6.45) is -9.36. The lowest BCUT2D eigenvalue weighted by molar-refractivity contribution is -0.169. The van der Waals surface area contributed by atoms with Crippen LogP contribution in [0.25, 0.3) is 11.1 Å². The van der Waals surface area contributed by atoms with Gasteiger partial charge in [-0.3, -0.25) is 18.7 Å². The molecule has 2 aliphatic carbocycles. The largest absolute Gasteiger partial charge is 0.473 e. The van der Waals surface area contributed by atoms with Crippen LogP contribution in [0.4, 0.5) is 26.3 Å². The number of nitrogens with two attached hydrogens (primary N) is 2. The first-order valence-corrected chi connectivity index (χ1v) is 22.7. The van der Waals surface area contributed by atoms with E-state index in [2.05, 4.69) is 20.2 Å². The SMILES string of the molecule is CSc1cc(-c2ccc(C3(S(=O)(=O)O)C/C(=N\N)C(=NC(=O)C(F)(F)F)c4ccccc43)c(SC)c2)ccc1C1(S(=O)(=O)O)C/C(=N/N)C(=NC(=O)C(F)(F)F)c2ccccc21. The Kier molecular flexibility index (Phi) is 12.2. The van der Waals surface area contributed by atoms with Crippen molar-refractivity contribution in [3.63, 3.8) is 0 Å². The molecule has 24 heteroatoms. The molecule has 0 aromatic heterocycles. The van der Waals surface area contributed by atoms with E-state index in [0.717, 1.165) is 23.5 Å². The van der Waals surface area contributed by atoms with E-state index in [1.165, 1.54) is 84.9 Å². The molecule has 4 aromatic rings. The molecule has 0 bridgehead atoms. The number of benzene rings is 4. The highest BCUT2D eigenvalue weighted by Gasteiger charge is 2.56. The van der Waals surface area contributed by atoms with E-state index in [4.69, 9.17) is 11.7 Å². The van der Waals surface area contributed by atoms with Crippen molar-refractivity contribution >= 4 is 78.4 Å². The molecule has 0 heterocycles. The number of halogens is 6. The highest BCUT2D eigenvalue weighted by molar-refractivity contribution is 7.99. The number of carbonyl (C=O) groups excluding carboxylic acids is 2. The second-order valence-electron chi connectivity index (χ2n) is 13.6. The first kappa shape index (κ1) is 46.1. The molecule has 6 N–H and O–H groups in total. The summed E-state index contributed by atoms with van der Waals surface area (Å²) in [5.74, 6) is 6.12. The van der Waals surface area contributed by atoms with Crippen molar-refractivity contribution in [2.24, 2.45) is 31.9 Å². The van der Waals surface area contributed by atoms with Gasteiger partial charge < -0.3 is 11.7 Å². The second-order valence-corrected chi connectivity index (χ2v) is 18.5. The van der Waals surface area contributed by atoms with Crippen LogP contribution in [0.3, 0.4) is 0 Å². The Hall–Kier alpha value is -5.40. The third-order valence-electron chi connectivity index (χ3n) is 10.3. The number of hydrogen-bond donors (Lipinski definition) is 4.